The highest BCUT2D eigenvalue weighted by Gasteiger charge is 2.34. The molecule has 3 rings (SSSR count). The van der Waals surface area contributed by atoms with Crippen LogP contribution in [0.5, 0.6) is 0 Å². The van der Waals surface area contributed by atoms with Crippen molar-refractivity contribution in [3.63, 3.8) is 0 Å². The average molecular weight is 276 g/mol. The van der Waals surface area contributed by atoms with E-state index in [4.69, 9.17) is 5.11 Å². The van der Waals surface area contributed by atoms with Gasteiger partial charge in [-0.25, -0.2) is 9.97 Å². The van der Waals surface area contributed by atoms with E-state index in [2.05, 4.69) is 19.8 Å². The molecule has 0 radical (unpaired) electrons. The maximum Gasteiger partial charge on any atom is 0.225 e. The van der Waals surface area contributed by atoms with Crippen LogP contribution in [-0.4, -0.2) is 58.8 Å². The summed E-state index contributed by atoms with van der Waals surface area (Å²) < 4.78 is 0. The van der Waals surface area contributed by atoms with Crippen LogP contribution in [0.2, 0.25) is 0 Å². The van der Waals surface area contributed by atoms with Crippen molar-refractivity contribution < 1.29 is 5.11 Å². The minimum absolute atomic E-state index is 0.340. The van der Waals surface area contributed by atoms with Crippen molar-refractivity contribution >= 4 is 5.95 Å². The molecule has 1 N–H and O–H groups in total. The van der Waals surface area contributed by atoms with Crippen molar-refractivity contribution in [2.75, 3.05) is 37.7 Å². The second-order valence-electron chi connectivity index (χ2n) is 6.11. The lowest BCUT2D eigenvalue weighted by Gasteiger charge is -2.47. The molecule has 0 atom stereocenters. The predicted octanol–water partition coefficient (Wildman–Crippen LogP) is 1.07. The molecule has 2 fully saturated rings. The number of nitrogens with zero attached hydrogens (tertiary/aromatic N) is 4. The minimum atomic E-state index is 0.340. The molecule has 1 aromatic heterocycles. The van der Waals surface area contributed by atoms with Gasteiger partial charge >= 0.3 is 0 Å². The SMILES string of the molecule is Cc1cnc(N2CC(N3CCC(CCO)CC3)C2)nc1. The minimum Gasteiger partial charge on any atom is -0.396 e. The van der Waals surface area contributed by atoms with Crippen molar-refractivity contribution in [3.8, 4) is 0 Å². The maximum absolute atomic E-state index is 9.00. The van der Waals surface area contributed by atoms with E-state index in [1.165, 1.54) is 25.9 Å². The molecule has 0 spiro atoms. The lowest BCUT2D eigenvalue weighted by atomic mass is 9.92. The van der Waals surface area contributed by atoms with Crippen molar-refractivity contribution in [1.29, 1.82) is 0 Å². The molecule has 5 nitrogen and oxygen atoms in total. The van der Waals surface area contributed by atoms with Gasteiger partial charge in [0.2, 0.25) is 5.95 Å². The highest BCUT2D eigenvalue weighted by atomic mass is 16.3. The summed E-state index contributed by atoms with van der Waals surface area (Å²) in [4.78, 5) is 13.6. The van der Waals surface area contributed by atoms with Crippen LogP contribution in [0.15, 0.2) is 12.4 Å². The van der Waals surface area contributed by atoms with Gasteiger partial charge in [0.25, 0.3) is 0 Å². The summed E-state index contributed by atoms with van der Waals surface area (Å²) in [6, 6.07) is 0.662. The molecule has 1 aromatic rings. The molecular weight excluding hydrogens is 252 g/mol. The fourth-order valence-corrected chi connectivity index (χ4v) is 3.19. The van der Waals surface area contributed by atoms with Crippen LogP contribution < -0.4 is 4.90 Å². The van der Waals surface area contributed by atoms with Gasteiger partial charge in [0, 0.05) is 38.1 Å². The van der Waals surface area contributed by atoms with Crippen molar-refractivity contribution in [3.05, 3.63) is 18.0 Å². The third kappa shape index (κ3) is 2.94. The zero-order valence-electron chi connectivity index (χ0n) is 12.2. The first-order valence-electron chi connectivity index (χ1n) is 7.65. The molecule has 20 heavy (non-hydrogen) atoms. The monoisotopic (exact) mass is 276 g/mol. The third-order valence-corrected chi connectivity index (χ3v) is 4.62. The van der Waals surface area contributed by atoms with E-state index in [9.17, 15) is 0 Å². The molecule has 110 valence electrons. The summed E-state index contributed by atoms with van der Waals surface area (Å²) in [7, 11) is 0. The predicted molar refractivity (Wildman–Crippen MR) is 78.8 cm³/mol. The molecule has 0 unspecified atom stereocenters. The smallest absolute Gasteiger partial charge is 0.225 e. The van der Waals surface area contributed by atoms with Crippen molar-refractivity contribution in [2.24, 2.45) is 5.92 Å². The van der Waals surface area contributed by atoms with Crippen molar-refractivity contribution in [1.82, 2.24) is 14.9 Å². The third-order valence-electron chi connectivity index (χ3n) is 4.62. The zero-order chi connectivity index (χ0) is 13.9. The number of aliphatic hydroxyl groups excluding tert-OH is 1. The quantitative estimate of drug-likeness (QED) is 0.891. The Morgan fingerprint density at radius 3 is 2.45 bits per heavy atom. The zero-order valence-corrected chi connectivity index (χ0v) is 12.2. The van der Waals surface area contributed by atoms with Gasteiger partial charge in [-0.05, 0) is 50.8 Å². The second kappa shape index (κ2) is 6.06. The number of rotatable bonds is 4. The van der Waals surface area contributed by atoms with Crippen molar-refractivity contribution in [2.45, 2.75) is 32.2 Å². The Bertz CT molecular complexity index is 422. The van der Waals surface area contributed by atoms with Crippen LogP contribution in [0.25, 0.3) is 0 Å². The number of aromatic nitrogens is 2. The lowest BCUT2D eigenvalue weighted by Crippen LogP contribution is -2.61. The molecule has 0 amide bonds. The van der Waals surface area contributed by atoms with E-state index in [0.29, 0.717) is 12.6 Å². The Morgan fingerprint density at radius 1 is 1.20 bits per heavy atom. The Hall–Kier alpha value is -1.20. The number of likely N-dealkylation sites (tertiary alicyclic amines) is 1. The summed E-state index contributed by atoms with van der Waals surface area (Å²) in [5.41, 5.74) is 1.11. The molecule has 2 saturated heterocycles. The van der Waals surface area contributed by atoms with Gasteiger partial charge < -0.3 is 10.0 Å². The van der Waals surface area contributed by atoms with Crippen LogP contribution in [0.1, 0.15) is 24.8 Å². The molecule has 0 aromatic carbocycles. The van der Waals surface area contributed by atoms with E-state index in [0.717, 1.165) is 36.9 Å². The van der Waals surface area contributed by atoms with E-state index < -0.39 is 0 Å². The highest BCUT2D eigenvalue weighted by molar-refractivity contribution is 5.35. The molecule has 2 aliphatic rings. The fraction of sp³-hybridized carbons (Fsp3) is 0.733. The first kappa shape index (κ1) is 13.8. The topological polar surface area (TPSA) is 52.5 Å². The van der Waals surface area contributed by atoms with Crippen LogP contribution in [-0.2, 0) is 0 Å². The molecule has 5 heteroatoms. The number of aliphatic hydroxyl groups is 1. The Balaban J connectivity index is 1.45. The van der Waals surface area contributed by atoms with E-state index in [1.807, 2.05) is 19.3 Å². The molecule has 3 heterocycles. The number of hydrogen-bond donors (Lipinski definition) is 1. The summed E-state index contributed by atoms with van der Waals surface area (Å²) in [5, 5.41) is 9.00. The summed E-state index contributed by atoms with van der Waals surface area (Å²) in [6.07, 6.45) is 7.21. The van der Waals surface area contributed by atoms with Gasteiger partial charge in [0.1, 0.15) is 0 Å². The second-order valence-corrected chi connectivity index (χ2v) is 6.11. The van der Waals surface area contributed by atoms with Gasteiger partial charge in [0.05, 0.1) is 0 Å². The summed E-state index contributed by atoms with van der Waals surface area (Å²) in [6.45, 7) is 6.81. The number of hydrogen-bond acceptors (Lipinski definition) is 5. The Kier molecular flexibility index (Phi) is 4.17. The fourth-order valence-electron chi connectivity index (χ4n) is 3.19. The Morgan fingerprint density at radius 2 is 1.85 bits per heavy atom. The number of anilines is 1. The average Bonchev–Trinajstić information content (AvgIpc) is 2.41. The lowest BCUT2D eigenvalue weighted by molar-refractivity contribution is 0.102. The largest absolute Gasteiger partial charge is 0.396 e. The molecule has 0 bridgehead atoms. The Labute approximate surface area is 120 Å². The number of aryl methyl sites for hydroxylation is 1. The molecule has 0 aliphatic carbocycles. The molecular formula is C15H24N4O. The summed E-state index contributed by atoms with van der Waals surface area (Å²) in [5.74, 6) is 1.59. The van der Waals surface area contributed by atoms with Crippen LogP contribution in [0, 0.1) is 12.8 Å². The van der Waals surface area contributed by atoms with E-state index in [1.54, 1.807) is 0 Å². The normalized spacial score (nSPS) is 22.0. The van der Waals surface area contributed by atoms with Gasteiger partial charge in [-0.15, -0.1) is 0 Å². The van der Waals surface area contributed by atoms with Gasteiger partial charge in [0.15, 0.2) is 0 Å². The highest BCUT2D eigenvalue weighted by Crippen LogP contribution is 2.26. The van der Waals surface area contributed by atoms with Crippen LogP contribution in [0.4, 0.5) is 5.95 Å². The maximum atomic E-state index is 9.00. The summed E-state index contributed by atoms with van der Waals surface area (Å²) >= 11 is 0. The first-order valence-corrected chi connectivity index (χ1v) is 7.65. The van der Waals surface area contributed by atoms with Crippen LogP contribution >= 0.6 is 0 Å². The van der Waals surface area contributed by atoms with Gasteiger partial charge in [-0.2, -0.15) is 0 Å². The van der Waals surface area contributed by atoms with Gasteiger partial charge in [-0.3, -0.25) is 4.90 Å². The molecule has 0 saturated carbocycles. The number of piperidine rings is 1. The standard InChI is InChI=1S/C15H24N4O/c1-12-8-16-15(17-9-12)19-10-14(11-19)18-5-2-13(3-6-18)4-7-20/h8-9,13-14,20H,2-7,10-11H2,1H3. The van der Waals surface area contributed by atoms with E-state index >= 15 is 0 Å². The van der Waals surface area contributed by atoms with Gasteiger partial charge in [-0.1, -0.05) is 0 Å². The van der Waals surface area contributed by atoms with Crippen LogP contribution in [0.3, 0.4) is 0 Å². The van der Waals surface area contributed by atoms with E-state index in [-0.39, 0.29) is 0 Å². The first-order chi connectivity index (χ1) is 9.76. The molecule has 2 aliphatic heterocycles.